The Kier molecular flexibility index (Phi) is 5.48. The maximum atomic E-state index is 13.5. The van der Waals surface area contributed by atoms with Crippen LogP contribution in [0.5, 0.6) is 0 Å². The van der Waals surface area contributed by atoms with E-state index in [1.54, 1.807) is 0 Å². The molecule has 120 valence electrons. The Labute approximate surface area is 135 Å². The van der Waals surface area contributed by atoms with Crippen LogP contribution in [0.4, 0.5) is 25.0 Å². The summed E-state index contributed by atoms with van der Waals surface area (Å²) in [5, 5.41) is 7.19. The highest BCUT2D eigenvalue weighted by Gasteiger charge is 2.09. The molecule has 23 heavy (non-hydrogen) atoms. The van der Waals surface area contributed by atoms with E-state index < -0.39 is 23.6 Å². The van der Waals surface area contributed by atoms with Crippen LogP contribution in [0.15, 0.2) is 42.5 Å². The first-order chi connectivity index (χ1) is 10.9. The first kappa shape index (κ1) is 16.7. The van der Waals surface area contributed by atoms with Crippen LogP contribution in [0.25, 0.3) is 0 Å². The van der Waals surface area contributed by atoms with Crippen molar-refractivity contribution in [2.75, 3.05) is 17.2 Å². The predicted molar refractivity (Wildman–Crippen MR) is 83.5 cm³/mol. The number of urea groups is 1. The molecule has 0 aliphatic rings. The normalized spacial score (nSPS) is 10.0. The fourth-order valence-corrected chi connectivity index (χ4v) is 1.82. The highest BCUT2D eigenvalue weighted by Crippen LogP contribution is 2.18. The minimum atomic E-state index is -0.750. The van der Waals surface area contributed by atoms with Gasteiger partial charge in [-0.1, -0.05) is 11.6 Å². The molecule has 0 aliphatic carbocycles. The molecule has 0 heterocycles. The fraction of sp³-hybridized carbons (Fsp3) is 0.0667. The smallest absolute Gasteiger partial charge is 0.319 e. The van der Waals surface area contributed by atoms with Crippen molar-refractivity contribution in [2.24, 2.45) is 0 Å². The Balaban J connectivity index is 1.81. The second-order valence-electron chi connectivity index (χ2n) is 4.49. The van der Waals surface area contributed by atoms with Gasteiger partial charge in [0.2, 0.25) is 5.91 Å². The number of carbonyl (C=O) groups is 2. The van der Waals surface area contributed by atoms with Gasteiger partial charge in [0.1, 0.15) is 11.6 Å². The summed E-state index contributed by atoms with van der Waals surface area (Å²) in [4.78, 5) is 23.2. The minimum absolute atomic E-state index is 0.0640. The molecule has 2 aromatic carbocycles. The fourth-order valence-electron chi connectivity index (χ4n) is 1.66. The van der Waals surface area contributed by atoms with E-state index in [2.05, 4.69) is 16.0 Å². The highest BCUT2D eigenvalue weighted by molar-refractivity contribution is 6.30. The third-order valence-electron chi connectivity index (χ3n) is 2.72. The van der Waals surface area contributed by atoms with E-state index in [-0.39, 0.29) is 17.3 Å². The van der Waals surface area contributed by atoms with Crippen molar-refractivity contribution in [1.29, 1.82) is 0 Å². The molecule has 0 spiro atoms. The van der Waals surface area contributed by atoms with Gasteiger partial charge in [0.05, 0.1) is 12.2 Å². The molecule has 0 aromatic heterocycles. The van der Waals surface area contributed by atoms with E-state index >= 15 is 0 Å². The van der Waals surface area contributed by atoms with E-state index in [1.807, 2.05) is 0 Å². The lowest BCUT2D eigenvalue weighted by Gasteiger charge is -2.09. The summed E-state index contributed by atoms with van der Waals surface area (Å²) in [5.41, 5.74) is 0.327. The molecule has 0 aliphatic heterocycles. The molecule has 0 unspecified atom stereocenters. The number of hydrogen-bond donors (Lipinski definition) is 3. The van der Waals surface area contributed by atoms with Gasteiger partial charge in [0.15, 0.2) is 0 Å². The molecule has 5 nitrogen and oxygen atoms in total. The highest BCUT2D eigenvalue weighted by atomic mass is 35.5. The van der Waals surface area contributed by atoms with Crippen molar-refractivity contribution < 1.29 is 18.4 Å². The lowest BCUT2D eigenvalue weighted by Crippen LogP contribution is -2.36. The van der Waals surface area contributed by atoms with Crippen LogP contribution in [0.2, 0.25) is 5.02 Å². The number of hydrogen-bond acceptors (Lipinski definition) is 2. The van der Waals surface area contributed by atoms with E-state index in [1.165, 1.54) is 36.4 Å². The number of rotatable bonds is 4. The molecule has 0 radical (unpaired) electrons. The molecule has 2 aromatic rings. The van der Waals surface area contributed by atoms with Crippen molar-refractivity contribution in [1.82, 2.24) is 5.32 Å². The number of amides is 3. The Morgan fingerprint density at radius 1 is 1.00 bits per heavy atom. The lowest BCUT2D eigenvalue weighted by molar-refractivity contribution is -0.115. The molecule has 0 atom stereocenters. The molecule has 3 N–H and O–H groups in total. The maximum absolute atomic E-state index is 13.5. The first-order valence-electron chi connectivity index (χ1n) is 6.49. The van der Waals surface area contributed by atoms with Crippen LogP contribution >= 0.6 is 11.6 Å². The number of nitrogens with one attached hydrogen (secondary N) is 3. The Bertz CT molecular complexity index is 723. The van der Waals surface area contributed by atoms with Crippen LogP contribution in [-0.4, -0.2) is 18.5 Å². The van der Waals surface area contributed by atoms with Gasteiger partial charge >= 0.3 is 6.03 Å². The third kappa shape index (κ3) is 5.23. The van der Waals surface area contributed by atoms with Gasteiger partial charge in [-0.05, 0) is 42.5 Å². The van der Waals surface area contributed by atoms with Crippen molar-refractivity contribution >= 4 is 34.9 Å². The summed E-state index contributed by atoms with van der Waals surface area (Å²) in [6.07, 6.45) is 0. The van der Waals surface area contributed by atoms with Crippen LogP contribution < -0.4 is 16.0 Å². The second kappa shape index (κ2) is 7.55. The van der Waals surface area contributed by atoms with Gasteiger partial charge in [-0.25, -0.2) is 13.6 Å². The van der Waals surface area contributed by atoms with E-state index in [9.17, 15) is 18.4 Å². The van der Waals surface area contributed by atoms with Gasteiger partial charge in [-0.3, -0.25) is 4.79 Å². The zero-order valence-corrected chi connectivity index (χ0v) is 12.5. The standard InChI is InChI=1S/C15H12ClF2N3O2/c16-9-1-6-13(12(18)7-9)21-15(23)19-8-14(22)20-11-4-2-10(17)3-5-11/h1-7H,8H2,(H,20,22)(H2,19,21,23). The SMILES string of the molecule is O=C(CNC(=O)Nc1ccc(Cl)cc1F)Nc1ccc(F)cc1. The zero-order valence-electron chi connectivity index (χ0n) is 11.7. The summed E-state index contributed by atoms with van der Waals surface area (Å²) in [7, 11) is 0. The number of halogens is 3. The summed E-state index contributed by atoms with van der Waals surface area (Å²) in [5.74, 6) is -1.63. The average molecular weight is 340 g/mol. The van der Waals surface area contributed by atoms with Gasteiger partial charge in [0.25, 0.3) is 0 Å². The van der Waals surface area contributed by atoms with Gasteiger partial charge < -0.3 is 16.0 Å². The molecular formula is C15H12ClF2N3O2. The summed E-state index contributed by atoms with van der Waals surface area (Å²) in [6, 6.07) is 8.18. The van der Waals surface area contributed by atoms with Crippen LogP contribution in [0.1, 0.15) is 0 Å². The monoisotopic (exact) mass is 339 g/mol. The third-order valence-corrected chi connectivity index (χ3v) is 2.95. The molecule has 0 saturated heterocycles. The Morgan fingerprint density at radius 2 is 1.70 bits per heavy atom. The van der Waals surface area contributed by atoms with Gasteiger partial charge in [-0.15, -0.1) is 0 Å². The van der Waals surface area contributed by atoms with Crippen LogP contribution in [0.3, 0.4) is 0 Å². The van der Waals surface area contributed by atoms with Crippen molar-refractivity contribution in [3.8, 4) is 0 Å². The maximum Gasteiger partial charge on any atom is 0.319 e. The van der Waals surface area contributed by atoms with Crippen molar-refractivity contribution in [3.63, 3.8) is 0 Å². The summed E-state index contributed by atoms with van der Waals surface area (Å²) in [6.45, 7) is -0.335. The van der Waals surface area contributed by atoms with E-state index in [0.717, 1.165) is 6.07 Å². The molecule has 2 rings (SSSR count). The first-order valence-corrected chi connectivity index (χ1v) is 6.87. The lowest BCUT2D eigenvalue weighted by atomic mass is 10.3. The van der Waals surface area contributed by atoms with E-state index in [0.29, 0.717) is 5.69 Å². The van der Waals surface area contributed by atoms with Gasteiger partial charge in [-0.2, -0.15) is 0 Å². The molecular weight excluding hydrogens is 328 g/mol. The van der Waals surface area contributed by atoms with Gasteiger partial charge in [0, 0.05) is 10.7 Å². The average Bonchev–Trinajstić information content (AvgIpc) is 2.50. The minimum Gasteiger partial charge on any atom is -0.329 e. The quantitative estimate of drug-likeness (QED) is 0.799. The van der Waals surface area contributed by atoms with E-state index in [4.69, 9.17) is 11.6 Å². The van der Waals surface area contributed by atoms with Crippen molar-refractivity contribution in [2.45, 2.75) is 0 Å². The molecule has 0 saturated carbocycles. The largest absolute Gasteiger partial charge is 0.329 e. The topological polar surface area (TPSA) is 70.2 Å². The van der Waals surface area contributed by atoms with Crippen LogP contribution in [-0.2, 0) is 4.79 Å². The molecule has 8 heteroatoms. The Hall–Kier alpha value is -2.67. The number of benzene rings is 2. The summed E-state index contributed by atoms with van der Waals surface area (Å²) >= 11 is 5.60. The molecule has 3 amide bonds. The number of anilines is 2. The van der Waals surface area contributed by atoms with Crippen molar-refractivity contribution in [3.05, 3.63) is 59.1 Å². The molecule has 0 bridgehead atoms. The Morgan fingerprint density at radius 3 is 2.35 bits per heavy atom. The summed E-state index contributed by atoms with van der Waals surface area (Å²) < 4.78 is 26.2. The van der Waals surface area contributed by atoms with Crippen LogP contribution in [0, 0.1) is 11.6 Å². The molecule has 0 fully saturated rings. The predicted octanol–water partition coefficient (Wildman–Crippen LogP) is 3.38. The number of carbonyl (C=O) groups excluding carboxylic acids is 2. The second-order valence-corrected chi connectivity index (χ2v) is 4.92. The zero-order chi connectivity index (χ0) is 16.8.